The van der Waals surface area contributed by atoms with Crippen LogP contribution >= 0.6 is 0 Å². The Labute approximate surface area is 216 Å². The molecule has 1 saturated heterocycles. The number of hydrogen-bond acceptors (Lipinski definition) is 1. The van der Waals surface area contributed by atoms with Gasteiger partial charge in [-0.25, -0.2) is 0 Å². The molecule has 0 N–H and O–H groups in total. The molecule has 0 radical (unpaired) electrons. The zero-order valence-corrected chi connectivity index (χ0v) is 22.2. The maximum atomic E-state index is 14.4. The number of aryl methyl sites for hydroxylation is 1. The molecular weight excluding hydrogens is 450 g/mol. The lowest BCUT2D eigenvalue weighted by atomic mass is 9.69. The van der Waals surface area contributed by atoms with Crippen molar-refractivity contribution >= 4 is 0 Å². The minimum Gasteiger partial charge on any atom is -0.381 e. The van der Waals surface area contributed by atoms with Gasteiger partial charge in [-0.15, -0.1) is 0 Å². The number of halogens is 2. The second kappa shape index (κ2) is 10.4. The van der Waals surface area contributed by atoms with Crippen LogP contribution in [-0.4, -0.2) is 13.2 Å². The highest BCUT2D eigenvalue weighted by molar-refractivity contribution is 5.45. The molecule has 0 spiro atoms. The van der Waals surface area contributed by atoms with Crippen molar-refractivity contribution < 1.29 is 13.5 Å². The van der Waals surface area contributed by atoms with Crippen molar-refractivity contribution in [3.63, 3.8) is 0 Å². The van der Waals surface area contributed by atoms with Gasteiger partial charge in [0.25, 0.3) is 5.92 Å². The molecule has 5 atom stereocenters. The van der Waals surface area contributed by atoms with Gasteiger partial charge in [0.1, 0.15) is 0 Å². The van der Waals surface area contributed by atoms with E-state index in [9.17, 15) is 8.78 Å². The van der Waals surface area contributed by atoms with Crippen LogP contribution in [0.1, 0.15) is 87.0 Å². The summed E-state index contributed by atoms with van der Waals surface area (Å²) in [4.78, 5) is 0. The smallest absolute Gasteiger partial charge is 0.291 e. The zero-order chi connectivity index (χ0) is 25.3. The van der Waals surface area contributed by atoms with Crippen molar-refractivity contribution in [2.45, 2.75) is 90.4 Å². The lowest BCUT2D eigenvalue weighted by Crippen LogP contribution is -2.28. The lowest BCUT2D eigenvalue weighted by Gasteiger charge is -2.36. The first-order valence-electron chi connectivity index (χ1n) is 14.2. The summed E-state index contributed by atoms with van der Waals surface area (Å²) in [5.41, 5.74) is 5.21. The van der Waals surface area contributed by atoms with Gasteiger partial charge in [-0.3, -0.25) is 0 Å². The standard InChI is InChI=1S/C33H42F2O/c1-4-33(34,35)30-17-23(2)31-12-11-26(19-28(31)21-30)18-24(3)32-14-5-8-29(32)20-27(22-32)10-9-25-7-6-15-36-16-13-25/h4,17-18,21,24-25,27,29H,1,5-8,11-16,19-20,22H2,2-3H3/t24?,25-,27-,29-,32+/m1/s1. The summed E-state index contributed by atoms with van der Waals surface area (Å²) >= 11 is 0. The quantitative estimate of drug-likeness (QED) is 0.303. The molecule has 1 aliphatic heterocycles. The highest BCUT2D eigenvalue weighted by atomic mass is 19.3. The van der Waals surface area contributed by atoms with Crippen molar-refractivity contribution in [3.05, 3.63) is 58.7 Å². The SMILES string of the molecule is C=CC(F)(F)c1cc(C)c2c(c1)CC(=CC(C)[C@@]13CCC[C@@H]1C[C@@H](C#C[C@H]1CCCOCC1)C3)CC2. The van der Waals surface area contributed by atoms with Crippen LogP contribution in [0.3, 0.4) is 0 Å². The van der Waals surface area contributed by atoms with Gasteiger partial charge in [0.15, 0.2) is 0 Å². The maximum Gasteiger partial charge on any atom is 0.291 e. The molecule has 0 bridgehead atoms. The van der Waals surface area contributed by atoms with E-state index < -0.39 is 5.92 Å². The highest BCUT2D eigenvalue weighted by Gasteiger charge is 2.52. The fourth-order valence-electron chi connectivity index (χ4n) is 7.85. The molecule has 36 heavy (non-hydrogen) atoms. The predicted molar refractivity (Wildman–Crippen MR) is 143 cm³/mol. The average molecular weight is 493 g/mol. The molecule has 1 unspecified atom stereocenters. The van der Waals surface area contributed by atoms with E-state index in [1.165, 1.54) is 49.7 Å². The number of fused-ring (bicyclic) bond motifs is 2. The normalized spacial score (nSPS) is 32.2. The second-order valence-electron chi connectivity index (χ2n) is 12.0. The van der Waals surface area contributed by atoms with Crippen molar-refractivity contribution in [2.75, 3.05) is 13.2 Å². The molecule has 1 aromatic carbocycles. The number of benzene rings is 1. The molecule has 0 amide bonds. The number of hydrogen-bond donors (Lipinski definition) is 0. The maximum absolute atomic E-state index is 14.4. The van der Waals surface area contributed by atoms with E-state index in [2.05, 4.69) is 31.4 Å². The van der Waals surface area contributed by atoms with Gasteiger partial charge in [0, 0.05) is 30.6 Å². The van der Waals surface area contributed by atoms with Gasteiger partial charge in [0.05, 0.1) is 0 Å². The number of ether oxygens (including phenoxy) is 1. The molecule has 5 rings (SSSR count). The van der Waals surface area contributed by atoms with Gasteiger partial charge in [-0.1, -0.05) is 43.4 Å². The lowest BCUT2D eigenvalue weighted by molar-refractivity contribution is 0.0524. The van der Waals surface area contributed by atoms with Gasteiger partial charge in [0.2, 0.25) is 0 Å². The van der Waals surface area contributed by atoms with E-state index >= 15 is 0 Å². The first-order valence-corrected chi connectivity index (χ1v) is 14.2. The van der Waals surface area contributed by atoms with Crippen LogP contribution in [0, 0.1) is 47.9 Å². The Morgan fingerprint density at radius 2 is 1.94 bits per heavy atom. The third-order valence-corrected chi connectivity index (χ3v) is 9.86. The van der Waals surface area contributed by atoms with Crippen LogP contribution in [0.2, 0.25) is 0 Å². The van der Waals surface area contributed by atoms with Crippen molar-refractivity contribution in [1.29, 1.82) is 0 Å². The first kappa shape index (κ1) is 25.7. The molecule has 1 heterocycles. The Balaban J connectivity index is 1.32. The molecule has 3 aliphatic carbocycles. The van der Waals surface area contributed by atoms with Crippen LogP contribution in [-0.2, 0) is 23.5 Å². The summed E-state index contributed by atoms with van der Waals surface area (Å²) in [5.74, 6) is 6.73. The number of alkyl halides is 2. The summed E-state index contributed by atoms with van der Waals surface area (Å²) in [7, 11) is 0. The van der Waals surface area contributed by atoms with E-state index in [1.807, 2.05) is 6.92 Å². The summed E-state index contributed by atoms with van der Waals surface area (Å²) in [6, 6.07) is 3.39. The average Bonchev–Trinajstić information content (AvgIpc) is 3.30. The van der Waals surface area contributed by atoms with E-state index in [0.29, 0.717) is 23.2 Å². The molecular formula is C33H42F2O. The number of rotatable bonds is 4. The third-order valence-electron chi connectivity index (χ3n) is 9.86. The van der Waals surface area contributed by atoms with Crippen molar-refractivity contribution in [1.82, 2.24) is 0 Å². The van der Waals surface area contributed by atoms with Crippen LogP contribution in [0.5, 0.6) is 0 Å². The van der Waals surface area contributed by atoms with Gasteiger partial charge >= 0.3 is 0 Å². The summed E-state index contributed by atoms with van der Waals surface area (Å²) in [5, 5.41) is 0. The molecule has 3 heteroatoms. The van der Waals surface area contributed by atoms with Gasteiger partial charge in [-0.05, 0) is 123 Å². The summed E-state index contributed by atoms with van der Waals surface area (Å²) < 4.78 is 34.4. The molecule has 4 aliphatic rings. The number of allylic oxidation sites excluding steroid dienone is 3. The topological polar surface area (TPSA) is 9.23 Å². The Bertz CT molecular complexity index is 1070. The highest BCUT2D eigenvalue weighted by Crippen LogP contribution is 2.60. The minimum atomic E-state index is -2.98. The first-order chi connectivity index (χ1) is 17.3. The van der Waals surface area contributed by atoms with E-state index in [-0.39, 0.29) is 5.56 Å². The van der Waals surface area contributed by atoms with Crippen LogP contribution < -0.4 is 0 Å². The molecule has 0 aromatic heterocycles. The summed E-state index contributed by atoms with van der Waals surface area (Å²) in [6.45, 7) is 9.50. The fraction of sp³-hybridized carbons (Fsp3) is 0.636. The molecule has 1 nitrogen and oxygen atoms in total. The second-order valence-corrected chi connectivity index (χ2v) is 12.0. The largest absolute Gasteiger partial charge is 0.381 e. The monoisotopic (exact) mass is 492 g/mol. The van der Waals surface area contributed by atoms with Crippen LogP contribution in [0.4, 0.5) is 8.78 Å². The molecule has 194 valence electrons. The molecule has 3 fully saturated rings. The van der Waals surface area contributed by atoms with E-state index in [1.54, 1.807) is 12.1 Å². The van der Waals surface area contributed by atoms with Crippen LogP contribution in [0.15, 0.2) is 36.4 Å². The predicted octanol–water partition coefficient (Wildman–Crippen LogP) is 8.34. The van der Waals surface area contributed by atoms with E-state index in [4.69, 9.17) is 4.74 Å². The Kier molecular flexibility index (Phi) is 7.46. The molecule has 2 saturated carbocycles. The Hall–Kier alpha value is -1.92. The zero-order valence-electron chi connectivity index (χ0n) is 22.2. The van der Waals surface area contributed by atoms with Gasteiger partial charge in [-0.2, -0.15) is 8.78 Å². The van der Waals surface area contributed by atoms with Crippen molar-refractivity contribution in [3.8, 4) is 11.8 Å². The minimum absolute atomic E-state index is 0.0786. The van der Waals surface area contributed by atoms with Gasteiger partial charge < -0.3 is 4.74 Å². The van der Waals surface area contributed by atoms with E-state index in [0.717, 1.165) is 68.4 Å². The van der Waals surface area contributed by atoms with Crippen molar-refractivity contribution in [2.24, 2.45) is 29.1 Å². The summed E-state index contributed by atoms with van der Waals surface area (Å²) in [6.07, 6.45) is 16.0. The fourth-order valence-corrected chi connectivity index (χ4v) is 7.85. The van der Waals surface area contributed by atoms with Crippen LogP contribution in [0.25, 0.3) is 0 Å². The molecule has 1 aromatic rings. The Morgan fingerprint density at radius 3 is 2.78 bits per heavy atom. The Morgan fingerprint density at radius 1 is 1.11 bits per heavy atom. The third kappa shape index (κ3) is 5.08.